The Kier molecular flexibility index (Phi) is 7.59. The summed E-state index contributed by atoms with van der Waals surface area (Å²) >= 11 is 0. The first-order valence-corrected chi connectivity index (χ1v) is 8.43. The second-order valence-electron chi connectivity index (χ2n) is 6.16. The molecule has 0 bridgehead atoms. The van der Waals surface area contributed by atoms with E-state index in [0.29, 0.717) is 12.2 Å². The van der Waals surface area contributed by atoms with Crippen LogP contribution in [-0.4, -0.2) is 24.5 Å². The monoisotopic (exact) mass is 374 g/mol. The SMILES string of the molecule is O=C1[N-]C(=O)C(CCOc2ccccc2)(CCc2ccccc2)C(=O)N1.[Na+]. The Morgan fingerprint density at radius 2 is 1.52 bits per heavy atom. The number of amides is 4. The van der Waals surface area contributed by atoms with Gasteiger partial charge in [0.05, 0.1) is 12.0 Å². The summed E-state index contributed by atoms with van der Waals surface area (Å²) in [7, 11) is 0. The Morgan fingerprint density at radius 3 is 2.15 bits per heavy atom. The number of aryl methyl sites for hydroxylation is 1. The van der Waals surface area contributed by atoms with Crippen molar-refractivity contribution in [2.24, 2.45) is 5.41 Å². The minimum absolute atomic E-state index is 0. The van der Waals surface area contributed by atoms with Crippen LogP contribution in [0.2, 0.25) is 0 Å². The molecular formula is C20H19N2NaO4. The topological polar surface area (TPSA) is 86.6 Å². The van der Waals surface area contributed by atoms with Gasteiger partial charge in [-0.25, -0.2) is 0 Å². The van der Waals surface area contributed by atoms with Gasteiger partial charge >= 0.3 is 29.6 Å². The molecular weight excluding hydrogens is 355 g/mol. The standard InChI is InChI=1S/C20H20N2O4.Na/c23-17-20(18(24)22-19(25)21-17,12-11-15-7-3-1-4-8-15)13-14-26-16-9-5-2-6-10-16;/h1-10H,11-14H2,(H2,21,22,23,24,25);/q;+1/p-1. The summed E-state index contributed by atoms with van der Waals surface area (Å²) < 4.78 is 5.65. The Labute approximate surface area is 180 Å². The van der Waals surface area contributed by atoms with Gasteiger partial charge < -0.3 is 15.4 Å². The van der Waals surface area contributed by atoms with Gasteiger partial charge in [-0.3, -0.25) is 14.4 Å². The third-order valence-electron chi connectivity index (χ3n) is 4.49. The number of rotatable bonds is 7. The average molecular weight is 374 g/mol. The van der Waals surface area contributed by atoms with Crippen LogP contribution in [0.1, 0.15) is 18.4 Å². The fourth-order valence-corrected chi connectivity index (χ4v) is 2.97. The van der Waals surface area contributed by atoms with Gasteiger partial charge in [0.15, 0.2) is 17.8 Å². The number of imide groups is 2. The van der Waals surface area contributed by atoms with Crippen molar-refractivity contribution in [2.45, 2.75) is 19.3 Å². The van der Waals surface area contributed by atoms with E-state index in [1.165, 1.54) is 0 Å². The molecule has 2 aromatic carbocycles. The van der Waals surface area contributed by atoms with Crippen LogP contribution in [-0.2, 0) is 16.0 Å². The van der Waals surface area contributed by atoms with Crippen LogP contribution in [0.4, 0.5) is 4.79 Å². The molecule has 0 aliphatic carbocycles. The van der Waals surface area contributed by atoms with Crippen molar-refractivity contribution >= 4 is 17.8 Å². The number of carbonyl (C=O) groups is 3. The minimum atomic E-state index is -1.39. The maximum Gasteiger partial charge on any atom is 1.00 e. The molecule has 1 atom stereocenters. The number of urea groups is 1. The second kappa shape index (κ2) is 9.69. The van der Waals surface area contributed by atoms with Crippen LogP contribution in [0.5, 0.6) is 5.75 Å². The summed E-state index contributed by atoms with van der Waals surface area (Å²) in [5.74, 6) is -0.642. The summed E-state index contributed by atoms with van der Waals surface area (Å²) in [5.41, 5.74) is -0.383. The second-order valence-corrected chi connectivity index (χ2v) is 6.16. The Hall–Kier alpha value is -2.15. The molecule has 1 fully saturated rings. The molecule has 1 saturated heterocycles. The number of barbiturate groups is 1. The van der Waals surface area contributed by atoms with E-state index in [9.17, 15) is 14.4 Å². The van der Waals surface area contributed by atoms with E-state index in [1.54, 1.807) is 12.1 Å². The molecule has 1 aliphatic rings. The number of hydrogen-bond donors (Lipinski definition) is 1. The molecule has 3 rings (SSSR count). The van der Waals surface area contributed by atoms with Gasteiger partial charge in [-0.1, -0.05) is 48.5 Å². The van der Waals surface area contributed by atoms with Crippen LogP contribution < -0.4 is 39.6 Å². The van der Waals surface area contributed by atoms with Gasteiger partial charge in [0, 0.05) is 6.42 Å². The summed E-state index contributed by atoms with van der Waals surface area (Å²) in [5, 5.41) is 5.62. The summed E-state index contributed by atoms with van der Waals surface area (Å²) in [6.45, 7) is 0.168. The maximum absolute atomic E-state index is 12.5. The molecule has 1 unspecified atom stereocenters. The van der Waals surface area contributed by atoms with Crippen LogP contribution in [0.3, 0.4) is 0 Å². The zero-order valence-electron chi connectivity index (χ0n) is 15.2. The van der Waals surface area contributed by atoms with Crippen LogP contribution in [0.15, 0.2) is 60.7 Å². The first kappa shape index (κ1) is 21.2. The third-order valence-corrected chi connectivity index (χ3v) is 4.49. The molecule has 1 heterocycles. The quantitative estimate of drug-likeness (QED) is 0.555. The van der Waals surface area contributed by atoms with Crippen LogP contribution in [0.25, 0.3) is 5.32 Å². The van der Waals surface area contributed by atoms with Crippen molar-refractivity contribution < 1.29 is 48.7 Å². The number of para-hydroxylation sites is 1. The zero-order valence-corrected chi connectivity index (χ0v) is 17.2. The van der Waals surface area contributed by atoms with Crippen LogP contribution >= 0.6 is 0 Å². The molecule has 134 valence electrons. The molecule has 2 aromatic rings. The number of carbonyl (C=O) groups excluding carboxylic acids is 3. The summed E-state index contributed by atoms with van der Waals surface area (Å²) in [6, 6.07) is 17.8. The van der Waals surface area contributed by atoms with Gasteiger partial charge in [-0.2, -0.15) is 0 Å². The molecule has 0 aromatic heterocycles. The number of ether oxygens (including phenoxy) is 1. The van der Waals surface area contributed by atoms with Gasteiger partial charge in [0.1, 0.15) is 5.75 Å². The number of benzene rings is 2. The van der Waals surface area contributed by atoms with Crippen molar-refractivity contribution in [1.29, 1.82) is 0 Å². The van der Waals surface area contributed by atoms with E-state index in [2.05, 4.69) is 10.6 Å². The predicted molar refractivity (Wildman–Crippen MR) is 95.7 cm³/mol. The molecule has 7 heteroatoms. The Morgan fingerprint density at radius 1 is 0.889 bits per heavy atom. The predicted octanol–water partition coefficient (Wildman–Crippen LogP) is 0.229. The zero-order chi connectivity index (χ0) is 18.4. The summed E-state index contributed by atoms with van der Waals surface area (Å²) in [4.78, 5) is 36.4. The fraction of sp³-hybridized carbons (Fsp3) is 0.250. The molecule has 0 saturated carbocycles. The van der Waals surface area contributed by atoms with Gasteiger partial charge in [0.25, 0.3) is 0 Å². The summed E-state index contributed by atoms with van der Waals surface area (Å²) in [6.07, 6.45) is 0.932. The smallest absolute Gasteiger partial charge is 0.494 e. The molecule has 0 radical (unpaired) electrons. The Balaban J connectivity index is 0.00000261. The van der Waals surface area contributed by atoms with E-state index in [0.717, 1.165) is 5.56 Å². The first-order valence-electron chi connectivity index (χ1n) is 8.43. The molecule has 27 heavy (non-hydrogen) atoms. The van der Waals surface area contributed by atoms with Gasteiger partial charge in [-0.15, -0.1) is 0 Å². The van der Waals surface area contributed by atoms with E-state index < -0.39 is 23.3 Å². The van der Waals surface area contributed by atoms with E-state index >= 15 is 0 Å². The normalized spacial score (nSPS) is 18.9. The largest absolute Gasteiger partial charge is 1.00 e. The Bertz CT molecular complexity index is 776. The maximum atomic E-state index is 12.5. The molecule has 1 aliphatic heterocycles. The minimum Gasteiger partial charge on any atom is -0.494 e. The number of hydrogen-bond acceptors (Lipinski definition) is 4. The van der Waals surface area contributed by atoms with Crippen molar-refractivity contribution in [3.63, 3.8) is 0 Å². The van der Waals surface area contributed by atoms with Crippen molar-refractivity contribution in [2.75, 3.05) is 6.61 Å². The van der Waals surface area contributed by atoms with Crippen molar-refractivity contribution in [1.82, 2.24) is 5.32 Å². The first-order chi connectivity index (χ1) is 12.6. The van der Waals surface area contributed by atoms with Crippen molar-refractivity contribution in [3.05, 3.63) is 71.5 Å². The number of nitrogens with zero attached hydrogens (tertiary/aromatic N) is 1. The van der Waals surface area contributed by atoms with E-state index in [4.69, 9.17) is 4.74 Å². The number of nitrogens with one attached hydrogen (secondary N) is 1. The molecule has 0 spiro atoms. The molecule has 4 amide bonds. The fourth-order valence-electron chi connectivity index (χ4n) is 2.97. The molecule has 6 nitrogen and oxygen atoms in total. The average Bonchev–Trinajstić information content (AvgIpc) is 2.65. The third kappa shape index (κ3) is 5.19. The van der Waals surface area contributed by atoms with Gasteiger partial charge in [-0.05, 0) is 30.5 Å². The van der Waals surface area contributed by atoms with Crippen molar-refractivity contribution in [3.8, 4) is 5.75 Å². The van der Waals surface area contributed by atoms with E-state index in [-0.39, 0.29) is 49.0 Å². The molecule has 1 N–H and O–H groups in total. The van der Waals surface area contributed by atoms with Gasteiger partial charge in [0.2, 0.25) is 0 Å². The van der Waals surface area contributed by atoms with Crippen LogP contribution in [0, 0.1) is 5.41 Å². The van der Waals surface area contributed by atoms with E-state index in [1.807, 2.05) is 48.5 Å².